The molecule has 6 heterocycles. The van der Waals surface area contributed by atoms with Crippen molar-refractivity contribution in [2.75, 3.05) is 104 Å². The maximum atomic E-state index is 13.5. The Kier molecular flexibility index (Phi) is 11.5. The molecule has 4 aromatic rings. The van der Waals surface area contributed by atoms with Gasteiger partial charge in [-0.1, -0.05) is 24.3 Å². The van der Waals surface area contributed by atoms with Crippen LogP contribution in [0, 0.1) is 0 Å². The average Bonchev–Trinajstić information content (AvgIpc) is 3.27. The van der Waals surface area contributed by atoms with E-state index in [4.69, 9.17) is 15.2 Å². The number of aromatic hydroxyl groups is 1. The van der Waals surface area contributed by atoms with Crippen LogP contribution in [-0.2, 0) is 19.1 Å². The summed E-state index contributed by atoms with van der Waals surface area (Å²) in [6.07, 6.45) is 2.41. The molecule has 4 N–H and O–H groups in total. The minimum absolute atomic E-state index is 0.0211. The quantitative estimate of drug-likeness (QED) is 0.199. The molecule has 5 aliphatic heterocycles. The number of para-hydroxylation sites is 1. The number of hydrogen-bond acceptors (Lipinski definition) is 14. The topological polar surface area (TPSA) is 173 Å². The van der Waals surface area contributed by atoms with Crippen LogP contribution in [0.25, 0.3) is 11.3 Å². The predicted octanol–water partition coefficient (Wildman–Crippen LogP) is 2.96. The summed E-state index contributed by atoms with van der Waals surface area (Å²) in [5, 5.41) is 21.4. The van der Waals surface area contributed by atoms with Crippen molar-refractivity contribution in [3.05, 3.63) is 78.9 Å². The molecule has 3 amide bonds. The van der Waals surface area contributed by atoms with E-state index in [0.717, 1.165) is 67.5 Å². The summed E-state index contributed by atoms with van der Waals surface area (Å²) in [4.78, 5) is 50.8. The molecule has 5 fully saturated rings. The number of morpholine rings is 1. The predicted molar refractivity (Wildman–Crippen MR) is 233 cm³/mol. The molecule has 5 aliphatic rings. The first-order chi connectivity index (χ1) is 29.7. The summed E-state index contributed by atoms with van der Waals surface area (Å²) in [5.41, 5.74) is 11.5. The van der Waals surface area contributed by atoms with Crippen LogP contribution in [0.4, 0.5) is 28.6 Å². The summed E-state index contributed by atoms with van der Waals surface area (Å²) in [7, 11) is 1.90. The highest BCUT2D eigenvalue weighted by atomic mass is 16.5. The second-order valence-corrected chi connectivity index (χ2v) is 16.7. The number of imide groups is 1. The largest absolute Gasteiger partial charge is 0.507 e. The first kappa shape index (κ1) is 40.3. The highest BCUT2D eigenvalue weighted by molar-refractivity contribution is 6.01. The number of rotatable bonds is 10. The molecule has 0 saturated carbocycles. The number of benzene rings is 3. The Morgan fingerprint density at radius 3 is 2.36 bits per heavy atom. The zero-order valence-electron chi connectivity index (χ0n) is 34.6. The van der Waals surface area contributed by atoms with Crippen molar-refractivity contribution < 1.29 is 29.0 Å². The third-order valence-electron chi connectivity index (χ3n) is 12.8. The van der Waals surface area contributed by atoms with Crippen molar-refractivity contribution in [3.8, 4) is 22.8 Å². The molecule has 2 bridgehead atoms. The summed E-state index contributed by atoms with van der Waals surface area (Å²) in [6, 6.07) is 25.3. The Hall–Kier alpha value is -6.13. The third kappa shape index (κ3) is 8.73. The molecule has 61 heavy (non-hydrogen) atoms. The Labute approximate surface area is 355 Å². The SMILES string of the molecule is CN(c1cccc(N2CCN(CC(=O)N3CCC(Oc4cccc(N5[C@H]6COC[C@H]5CN(c5cc(-c7ccccc7O)nnc5N)C6)c4)CC3)CC2)c1)[C@@H]1CCC(=O)NC1=O. The fourth-order valence-corrected chi connectivity index (χ4v) is 9.48. The van der Waals surface area contributed by atoms with Crippen LogP contribution in [0.3, 0.4) is 0 Å². The number of fused-ring (bicyclic) bond motifs is 2. The van der Waals surface area contributed by atoms with Crippen molar-refractivity contribution in [3.63, 3.8) is 0 Å². The number of amides is 3. The molecule has 0 radical (unpaired) electrons. The molecule has 9 rings (SSSR count). The number of anilines is 5. The molecule has 3 aromatic carbocycles. The van der Waals surface area contributed by atoms with E-state index in [1.807, 2.05) is 59.3 Å². The molecule has 1 aromatic heterocycles. The lowest BCUT2D eigenvalue weighted by Gasteiger charge is -2.51. The summed E-state index contributed by atoms with van der Waals surface area (Å²) < 4.78 is 12.6. The Bertz CT molecular complexity index is 2230. The normalized spacial score (nSPS) is 22.5. The lowest BCUT2D eigenvalue weighted by molar-refractivity contribution is -0.135. The van der Waals surface area contributed by atoms with Gasteiger partial charge in [0.1, 0.15) is 23.6 Å². The maximum absolute atomic E-state index is 13.5. The van der Waals surface area contributed by atoms with Gasteiger partial charge in [-0.05, 0) is 55.0 Å². The van der Waals surface area contributed by atoms with Crippen LogP contribution in [0.1, 0.15) is 25.7 Å². The van der Waals surface area contributed by atoms with Gasteiger partial charge in [0.25, 0.3) is 0 Å². The van der Waals surface area contributed by atoms with Crippen molar-refractivity contribution in [2.45, 2.75) is 49.9 Å². The number of nitrogens with one attached hydrogen (secondary N) is 1. The fraction of sp³-hybridized carbons (Fsp3) is 0.444. The van der Waals surface area contributed by atoms with Crippen LogP contribution in [-0.4, -0.2) is 146 Å². The van der Waals surface area contributed by atoms with Gasteiger partial charge in [0.2, 0.25) is 17.7 Å². The molecule has 16 heteroatoms. The highest BCUT2D eigenvalue weighted by Crippen LogP contribution is 2.37. The Morgan fingerprint density at radius 1 is 0.869 bits per heavy atom. The molecular formula is C45H54N10O6. The van der Waals surface area contributed by atoms with Crippen LogP contribution in [0.5, 0.6) is 11.5 Å². The monoisotopic (exact) mass is 830 g/mol. The van der Waals surface area contributed by atoms with Gasteiger partial charge < -0.3 is 44.8 Å². The number of aromatic nitrogens is 2. The first-order valence-electron chi connectivity index (χ1n) is 21.4. The molecule has 5 saturated heterocycles. The molecular weight excluding hydrogens is 777 g/mol. The van der Waals surface area contributed by atoms with Gasteiger partial charge in [-0.3, -0.25) is 24.6 Å². The van der Waals surface area contributed by atoms with Crippen LogP contribution < -0.4 is 35.4 Å². The van der Waals surface area contributed by atoms with Crippen molar-refractivity contribution in [2.24, 2.45) is 0 Å². The minimum Gasteiger partial charge on any atom is -0.507 e. The number of likely N-dealkylation sites (N-methyl/N-ethyl adjacent to an activating group) is 1. The van der Waals surface area contributed by atoms with E-state index in [1.165, 1.54) is 0 Å². The second-order valence-electron chi connectivity index (χ2n) is 16.7. The molecule has 3 atom stereocenters. The van der Waals surface area contributed by atoms with Crippen molar-refractivity contribution >= 4 is 46.3 Å². The van der Waals surface area contributed by atoms with Crippen LogP contribution in [0.2, 0.25) is 0 Å². The standard InChI is InChI=1S/C45H54N10O6/c1-50(39-12-13-42(57)47-45(39)59)30-6-4-7-31(22-30)52-20-18-51(19-21-52)27-43(58)53-16-14-35(15-17-53)61-36-9-5-8-32(23-36)55-33-25-54(26-34(55)29-60-28-33)40-24-38(48-49-44(40)46)37-10-2-3-11-41(37)56/h2-11,22-24,33-35,39,56H,12-21,25-29H2,1H3,(H2,46,49)(H,47,57,59)/t33-,34-,39-/m1/s1. The Balaban J connectivity index is 0.751. The van der Waals surface area contributed by atoms with E-state index in [9.17, 15) is 19.5 Å². The number of nitrogens with two attached hydrogens (primary N) is 1. The van der Waals surface area contributed by atoms with Gasteiger partial charge in [-0.2, -0.15) is 0 Å². The number of nitrogens with zero attached hydrogens (tertiary/aromatic N) is 8. The summed E-state index contributed by atoms with van der Waals surface area (Å²) >= 11 is 0. The van der Waals surface area contributed by atoms with Gasteiger partial charge >= 0.3 is 0 Å². The lowest BCUT2D eigenvalue weighted by Crippen LogP contribution is -2.65. The molecule has 16 nitrogen and oxygen atoms in total. The minimum atomic E-state index is -0.375. The fourth-order valence-electron chi connectivity index (χ4n) is 9.48. The number of piperazine rings is 2. The smallest absolute Gasteiger partial charge is 0.249 e. The van der Waals surface area contributed by atoms with E-state index < -0.39 is 0 Å². The van der Waals surface area contributed by atoms with Gasteiger partial charge in [0, 0.05) is 107 Å². The van der Waals surface area contributed by atoms with E-state index in [-0.39, 0.29) is 47.7 Å². The van der Waals surface area contributed by atoms with Gasteiger partial charge in [-0.25, -0.2) is 0 Å². The van der Waals surface area contributed by atoms with E-state index in [1.54, 1.807) is 12.1 Å². The number of ether oxygens (including phenoxy) is 2. The third-order valence-corrected chi connectivity index (χ3v) is 12.8. The Morgan fingerprint density at radius 2 is 1.61 bits per heavy atom. The van der Waals surface area contributed by atoms with Gasteiger partial charge in [0.05, 0.1) is 43.2 Å². The van der Waals surface area contributed by atoms with Gasteiger partial charge in [-0.15, -0.1) is 10.2 Å². The summed E-state index contributed by atoms with van der Waals surface area (Å²) in [5.74, 6) is 1.02. The number of nitrogen functional groups attached to an aromatic ring is 1. The number of likely N-dealkylation sites (tertiary alicyclic amines) is 1. The number of phenolic OH excluding ortho intramolecular Hbond substituents is 1. The van der Waals surface area contributed by atoms with Crippen LogP contribution in [0.15, 0.2) is 78.9 Å². The zero-order valence-corrected chi connectivity index (χ0v) is 34.6. The number of carbonyl (C=O) groups is 3. The van der Waals surface area contributed by atoms with Crippen LogP contribution >= 0.6 is 0 Å². The molecule has 0 aliphatic carbocycles. The number of carbonyl (C=O) groups excluding carboxylic acids is 3. The van der Waals surface area contributed by atoms with E-state index in [2.05, 4.69) is 59.4 Å². The van der Waals surface area contributed by atoms with E-state index in [0.29, 0.717) is 75.9 Å². The molecule has 0 unspecified atom stereocenters. The number of hydrogen-bond donors (Lipinski definition) is 3. The second kappa shape index (κ2) is 17.5. The first-order valence-corrected chi connectivity index (χ1v) is 21.4. The van der Waals surface area contributed by atoms with Crippen molar-refractivity contribution in [1.29, 1.82) is 0 Å². The molecule has 0 spiro atoms. The highest BCUT2D eigenvalue weighted by Gasteiger charge is 2.39. The van der Waals surface area contributed by atoms with Crippen molar-refractivity contribution in [1.82, 2.24) is 25.3 Å². The maximum Gasteiger partial charge on any atom is 0.249 e. The van der Waals surface area contributed by atoms with E-state index >= 15 is 0 Å². The summed E-state index contributed by atoms with van der Waals surface area (Å²) in [6.45, 7) is 7.42. The molecule has 320 valence electrons. The average molecular weight is 831 g/mol. The number of piperidine rings is 2. The van der Waals surface area contributed by atoms with Gasteiger partial charge in [0.15, 0.2) is 5.82 Å². The zero-order chi connectivity index (χ0) is 42.0. The number of phenols is 1. The lowest BCUT2D eigenvalue weighted by atomic mass is 10.0.